The van der Waals surface area contributed by atoms with Crippen LogP contribution in [-0.2, 0) is 33.2 Å². The quantitative estimate of drug-likeness (QED) is 0.0199. The molecule has 1 amide bonds. The first kappa shape index (κ1) is 90.2. The second-order valence-corrected chi connectivity index (χ2v) is 28.9. The standard InChI is InChI=1S/C79H147NO18/c1-3-5-7-9-11-13-15-17-19-21-23-25-27-28-29-30-31-32-33-34-35-37-39-41-43-45-47-49-51-53-55-57-67(85)80-62(63(84)56-54-52-50-48-46-44-42-40-38-36-26-24-22-20-18-16-14-12-10-8-6-4-2)61-93-77-73(91)70(88)75(65(59-82)95-77)98-79-74(92)71(89)76(66(60-83)96-79)97-78-72(90)69(87)68(86)64(58-81)94-78/h15,17,21,23,54,56,62-66,68-79,81-84,86-92H,3-14,16,18-20,22,24-53,55,57-61H2,1-2H3,(H,80,85)/b17-15-,23-21-,56-54+. The molecular formula is C79H147NO18. The molecule has 19 nitrogen and oxygen atoms in total. The Morgan fingerprint density at radius 1 is 0.367 bits per heavy atom. The van der Waals surface area contributed by atoms with Crippen LogP contribution in [0, 0.1) is 0 Å². The molecule has 576 valence electrons. The van der Waals surface area contributed by atoms with Gasteiger partial charge in [0.05, 0.1) is 38.6 Å². The molecule has 0 saturated carbocycles. The van der Waals surface area contributed by atoms with Crippen molar-refractivity contribution in [3.05, 3.63) is 36.5 Å². The van der Waals surface area contributed by atoms with E-state index in [0.717, 1.165) is 51.4 Å². The summed E-state index contributed by atoms with van der Waals surface area (Å²) in [6.45, 7) is 1.77. The lowest BCUT2D eigenvalue weighted by atomic mass is 9.96. The number of carbonyl (C=O) groups is 1. The van der Waals surface area contributed by atoms with E-state index in [1.54, 1.807) is 6.08 Å². The molecule has 98 heavy (non-hydrogen) atoms. The van der Waals surface area contributed by atoms with Gasteiger partial charge in [0, 0.05) is 6.42 Å². The first-order chi connectivity index (χ1) is 47.8. The highest BCUT2D eigenvalue weighted by atomic mass is 16.8. The van der Waals surface area contributed by atoms with Crippen LogP contribution in [0.15, 0.2) is 36.5 Å². The lowest BCUT2D eigenvalue weighted by molar-refractivity contribution is -0.379. The molecule has 0 aromatic carbocycles. The highest BCUT2D eigenvalue weighted by Gasteiger charge is 2.54. The van der Waals surface area contributed by atoms with Crippen LogP contribution in [0.3, 0.4) is 0 Å². The Bertz CT molecular complexity index is 1910. The summed E-state index contributed by atoms with van der Waals surface area (Å²) in [7, 11) is 0. The number of aliphatic hydroxyl groups excluding tert-OH is 11. The van der Waals surface area contributed by atoms with Crippen molar-refractivity contribution in [1.82, 2.24) is 5.32 Å². The number of rotatable bonds is 64. The molecule has 3 aliphatic rings. The van der Waals surface area contributed by atoms with Crippen LogP contribution in [-0.4, -0.2) is 193 Å². The molecule has 17 unspecified atom stereocenters. The van der Waals surface area contributed by atoms with Gasteiger partial charge >= 0.3 is 0 Å². The van der Waals surface area contributed by atoms with Crippen LogP contribution < -0.4 is 5.32 Å². The van der Waals surface area contributed by atoms with E-state index in [4.69, 9.17) is 28.4 Å². The van der Waals surface area contributed by atoms with Gasteiger partial charge in [-0.05, 0) is 51.4 Å². The minimum atomic E-state index is -1.98. The zero-order valence-corrected chi connectivity index (χ0v) is 61.5. The summed E-state index contributed by atoms with van der Waals surface area (Å²) in [5.41, 5.74) is 0. The molecule has 3 saturated heterocycles. The van der Waals surface area contributed by atoms with E-state index in [1.165, 1.54) is 250 Å². The van der Waals surface area contributed by atoms with Crippen molar-refractivity contribution in [2.45, 2.75) is 433 Å². The number of hydrogen-bond acceptors (Lipinski definition) is 18. The molecule has 0 aromatic heterocycles. The molecule has 3 aliphatic heterocycles. The van der Waals surface area contributed by atoms with Crippen LogP contribution >= 0.6 is 0 Å². The molecule has 12 N–H and O–H groups in total. The lowest BCUT2D eigenvalue weighted by Gasteiger charge is -2.48. The fourth-order valence-corrected chi connectivity index (χ4v) is 13.7. The van der Waals surface area contributed by atoms with Gasteiger partial charge in [0.25, 0.3) is 0 Å². The van der Waals surface area contributed by atoms with Gasteiger partial charge in [0.1, 0.15) is 73.2 Å². The fraction of sp³-hybridized carbons (Fsp3) is 0.911. The van der Waals surface area contributed by atoms with E-state index in [0.29, 0.717) is 6.42 Å². The molecule has 0 aliphatic carbocycles. The minimum Gasteiger partial charge on any atom is -0.394 e. The van der Waals surface area contributed by atoms with Crippen molar-refractivity contribution < 1.29 is 89.4 Å². The zero-order chi connectivity index (χ0) is 71.1. The van der Waals surface area contributed by atoms with Gasteiger partial charge in [-0.3, -0.25) is 4.79 Å². The summed E-state index contributed by atoms with van der Waals surface area (Å²) in [6, 6.07) is -0.973. The van der Waals surface area contributed by atoms with Crippen LogP contribution in [0.4, 0.5) is 0 Å². The van der Waals surface area contributed by atoms with Crippen LogP contribution in [0.1, 0.15) is 328 Å². The minimum absolute atomic E-state index is 0.247. The smallest absolute Gasteiger partial charge is 0.220 e. The first-order valence-electron chi connectivity index (χ1n) is 40.2. The maximum atomic E-state index is 13.5. The lowest BCUT2D eigenvalue weighted by Crippen LogP contribution is -2.66. The van der Waals surface area contributed by atoms with Gasteiger partial charge in [-0.25, -0.2) is 0 Å². The number of nitrogens with one attached hydrogen (secondary N) is 1. The van der Waals surface area contributed by atoms with Crippen molar-refractivity contribution in [3.63, 3.8) is 0 Å². The number of hydrogen-bond donors (Lipinski definition) is 12. The molecule has 3 rings (SSSR count). The topological polar surface area (TPSA) is 307 Å². The molecule has 3 fully saturated rings. The van der Waals surface area contributed by atoms with Crippen molar-refractivity contribution >= 4 is 5.91 Å². The van der Waals surface area contributed by atoms with Gasteiger partial charge in [-0.15, -0.1) is 0 Å². The normalized spacial score (nSPS) is 26.9. The Labute approximate surface area is 593 Å². The van der Waals surface area contributed by atoms with E-state index >= 15 is 0 Å². The maximum absolute atomic E-state index is 13.5. The number of amides is 1. The van der Waals surface area contributed by atoms with E-state index in [9.17, 15) is 61.0 Å². The van der Waals surface area contributed by atoms with Crippen LogP contribution in [0.2, 0.25) is 0 Å². The average Bonchev–Trinajstić information content (AvgIpc) is 0.785. The van der Waals surface area contributed by atoms with E-state index < -0.39 is 124 Å². The van der Waals surface area contributed by atoms with E-state index in [1.807, 2.05) is 6.08 Å². The fourth-order valence-electron chi connectivity index (χ4n) is 13.7. The highest BCUT2D eigenvalue weighted by molar-refractivity contribution is 5.76. The summed E-state index contributed by atoms with van der Waals surface area (Å²) in [5.74, 6) is -0.269. The highest BCUT2D eigenvalue weighted by Crippen LogP contribution is 2.33. The molecule has 0 bridgehead atoms. The third-order valence-corrected chi connectivity index (χ3v) is 20.2. The summed E-state index contributed by atoms with van der Waals surface area (Å²) >= 11 is 0. The molecule has 0 spiro atoms. The number of aliphatic hydroxyl groups is 11. The van der Waals surface area contributed by atoms with Gasteiger partial charge in [0.15, 0.2) is 18.9 Å². The van der Waals surface area contributed by atoms with Crippen LogP contribution in [0.5, 0.6) is 0 Å². The number of unbranched alkanes of at least 4 members (excludes halogenated alkanes) is 44. The predicted molar refractivity (Wildman–Crippen MR) is 388 cm³/mol. The van der Waals surface area contributed by atoms with Crippen molar-refractivity contribution in [2.75, 3.05) is 26.4 Å². The molecule has 3 heterocycles. The molecule has 0 radical (unpaired) electrons. The third-order valence-electron chi connectivity index (χ3n) is 20.2. The SMILES string of the molecule is CCCCCCC/C=C\C/C=C\CCCCCCCCCCCCCCCCCCCCCC(=O)NC(COC1OC(CO)C(OC2OC(CO)C(OC3OC(CO)C(O)C(O)C3O)C(O)C2O)C(O)C1O)C(O)/C=C/CCCCCCCCCCCCCCCCCCCCCC. The van der Waals surface area contributed by atoms with Crippen LogP contribution in [0.25, 0.3) is 0 Å². The number of allylic oxidation sites excluding steroid dienone is 5. The van der Waals surface area contributed by atoms with Gasteiger partial charge in [-0.2, -0.15) is 0 Å². The Kier molecular flexibility index (Phi) is 55.5. The molecule has 17 atom stereocenters. The second kappa shape index (κ2) is 60.3. The number of ether oxygens (including phenoxy) is 6. The maximum Gasteiger partial charge on any atom is 0.220 e. The summed E-state index contributed by atoms with van der Waals surface area (Å²) in [6.07, 6.45) is 47.0. The largest absolute Gasteiger partial charge is 0.394 e. The summed E-state index contributed by atoms with van der Waals surface area (Å²) in [4.78, 5) is 13.5. The van der Waals surface area contributed by atoms with Gasteiger partial charge < -0.3 is 89.9 Å². The zero-order valence-electron chi connectivity index (χ0n) is 61.5. The average molecular weight is 1400 g/mol. The van der Waals surface area contributed by atoms with Gasteiger partial charge in [-0.1, -0.05) is 307 Å². The Balaban J connectivity index is 1.37. The summed E-state index contributed by atoms with van der Waals surface area (Å²) in [5, 5.41) is 121. The Morgan fingerprint density at radius 3 is 1.04 bits per heavy atom. The molecule has 0 aromatic rings. The Hall–Kier alpha value is -1.99. The van der Waals surface area contributed by atoms with E-state index in [-0.39, 0.29) is 18.9 Å². The van der Waals surface area contributed by atoms with Crippen molar-refractivity contribution in [2.24, 2.45) is 0 Å². The first-order valence-corrected chi connectivity index (χ1v) is 40.2. The predicted octanol–water partition coefficient (Wildman–Crippen LogP) is 13.1. The van der Waals surface area contributed by atoms with Crippen molar-refractivity contribution in [3.8, 4) is 0 Å². The van der Waals surface area contributed by atoms with Gasteiger partial charge in [0.2, 0.25) is 5.91 Å². The van der Waals surface area contributed by atoms with Crippen molar-refractivity contribution in [1.29, 1.82) is 0 Å². The summed E-state index contributed by atoms with van der Waals surface area (Å²) < 4.78 is 34.5. The molecule has 19 heteroatoms. The third kappa shape index (κ3) is 40.3. The molecular weight excluding hydrogens is 1250 g/mol. The second-order valence-electron chi connectivity index (χ2n) is 28.9. The van der Waals surface area contributed by atoms with E-state index in [2.05, 4.69) is 43.5 Å². The Morgan fingerprint density at radius 2 is 0.673 bits per heavy atom. The monoisotopic (exact) mass is 1400 g/mol. The number of carbonyl (C=O) groups excluding carboxylic acids is 1.